The minimum atomic E-state index is -3.71. The number of ketones is 1. The molecule has 4 rings (SSSR count). The van der Waals surface area contributed by atoms with Gasteiger partial charge in [-0.2, -0.15) is 0 Å². The number of aliphatic carboxylic acids is 1. The number of carboxylic acid groups (broad SMARTS) is 1. The number of hydrogen-bond donors (Lipinski definition) is 4. The molecular formula is C19H20N4O6S2. The highest BCUT2D eigenvalue weighted by Crippen LogP contribution is 2.41. The van der Waals surface area contributed by atoms with Crippen molar-refractivity contribution in [2.24, 2.45) is 5.92 Å². The molecule has 2 aliphatic rings. The van der Waals surface area contributed by atoms with Crippen LogP contribution in [0.25, 0.3) is 0 Å². The number of anilines is 3. The molecule has 2 aromatic rings. The lowest BCUT2D eigenvalue weighted by Gasteiger charge is -2.24. The van der Waals surface area contributed by atoms with Crippen LogP contribution in [0.5, 0.6) is 0 Å². The van der Waals surface area contributed by atoms with Crippen molar-refractivity contribution >= 4 is 55.7 Å². The molecule has 2 atom stereocenters. The van der Waals surface area contributed by atoms with E-state index in [2.05, 4.69) is 20.3 Å². The molecule has 2 bridgehead atoms. The largest absolute Gasteiger partial charge is 0.481 e. The average Bonchev–Trinajstić information content (AvgIpc) is 3.33. The number of carboxylic acids is 1. The number of rotatable bonds is 4. The van der Waals surface area contributed by atoms with Gasteiger partial charge in [0.15, 0.2) is 10.9 Å². The topological polar surface area (TPSA) is 155 Å². The number of fused-ring (bicyclic) bond motifs is 3. The Hall–Kier alpha value is -2.99. The number of carbonyl (C=O) groups is 3. The first kappa shape index (κ1) is 21.2. The number of carbonyl (C=O) groups excluding carboxylic acids is 2. The number of nitrogens with zero attached hydrogens (tertiary/aromatic N) is 1. The van der Waals surface area contributed by atoms with E-state index in [-0.39, 0.29) is 40.2 Å². The lowest BCUT2D eigenvalue weighted by atomic mass is 9.91. The fourth-order valence-electron chi connectivity index (χ4n) is 3.98. The van der Waals surface area contributed by atoms with Gasteiger partial charge < -0.3 is 10.4 Å². The molecule has 2 heterocycles. The summed E-state index contributed by atoms with van der Waals surface area (Å²) >= 11 is 1.06. The van der Waals surface area contributed by atoms with Gasteiger partial charge in [0, 0.05) is 16.9 Å². The molecule has 12 heteroatoms. The van der Waals surface area contributed by atoms with Crippen LogP contribution in [0.2, 0.25) is 0 Å². The normalized spacial score (nSPS) is 21.4. The summed E-state index contributed by atoms with van der Waals surface area (Å²) in [6.45, 7) is 1.72. The number of benzene rings is 1. The van der Waals surface area contributed by atoms with Crippen LogP contribution in [-0.2, 0) is 21.2 Å². The van der Waals surface area contributed by atoms with Crippen molar-refractivity contribution in [2.75, 3.05) is 15.4 Å². The van der Waals surface area contributed by atoms with Crippen molar-refractivity contribution in [3.63, 3.8) is 0 Å². The number of hydrogen-bond acceptors (Lipinski definition) is 7. The second-order valence-electron chi connectivity index (χ2n) is 7.62. The van der Waals surface area contributed by atoms with Gasteiger partial charge in [-0.05, 0) is 37.8 Å². The second kappa shape index (κ2) is 7.93. The van der Waals surface area contributed by atoms with Crippen LogP contribution in [0.15, 0.2) is 17.5 Å². The number of nitrogens with one attached hydrogen (secondary N) is 3. The zero-order valence-corrected chi connectivity index (χ0v) is 18.1. The monoisotopic (exact) mass is 464 g/mol. The summed E-state index contributed by atoms with van der Waals surface area (Å²) in [5.41, 5.74) is 1.42. The number of amides is 2. The summed E-state index contributed by atoms with van der Waals surface area (Å²) in [7, 11) is -3.71. The van der Waals surface area contributed by atoms with E-state index in [0.717, 1.165) is 11.3 Å². The van der Waals surface area contributed by atoms with E-state index >= 15 is 0 Å². The Morgan fingerprint density at radius 1 is 1.29 bits per heavy atom. The van der Waals surface area contributed by atoms with E-state index < -0.39 is 27.3 Å². The quantitative estimate of drug-likeness (QED) is 0.542. The predicted octanol–water partition coefficient (Wildman–Crippen LogP) is 2.83. The van der Waals surface area contributed by atoms with Crippen molar-refractivity contribution in [3.05, 3.63) is 34.3 Å². The van der Waals surface area contributed by atoms with Gasteiger partial charge in [-0.3, -0.25) is 19.6 Å². The zero-order valence-electron chi connectivity index (χ0n) is 16.5. The number of aryl methyl sites for hydroxylation is 1. The molecule has 2 unspecified atom stereocenters. The molecule has 4 N–H and O–H groups in total. The summed E-state index contributed by atoms with van der Waals surface area (Å²) in [5.74, 6) is -1.52. The Balaban J connectivity index is 1.62. The number of aromatic nitrogens is 1. The molecule has 1 aliphatic carbocycles. The maximum absolute atomic E-state index is 13.1. The van der Waals surface area contributed by atoms with E-state index in [1.807, 2.05) is 0 Å². The first-order valence-electron chi connectivity index (χ1n) is 9.57. The fourth-order valence-corrected chi connectivity index (χ4v) is 6.28. The standard InChI is InChI=1S/C19H20N4O6S2/c1-9-2-5-13(21-18(27)22-19-20-11(8-30-19)7-14(24)25)16-15(9)17(26)10-3-4-12(6-10)31(28,29)23-16/h2,5,8,10,12,23H,3-4,6-7H2,1H3,(H,24,25)(H2,20,21,22,27). The first-order valence-corrected chi connectivity index (χ1v) is 12.0. The minimum absolute atomic E-state index is 0.0717. The van der Waals surface area contributed by atoms with Crippen LogP contribution in [-0.4, -0.2) is 41.5 Å². The smallest absolute Gasteiger partial charge is 0.325 e. The maximum atomic E-state index is 13.1. The summed E-state index contributed by atoms with van der Waals surface area (Å²) in [5, 5.41) is 15.0. The lowest BCUT2D eigenvalue weighted by molar-refractivity contribution is -0.136. The summed E-state index contributed by atoms with van der Waals surface area (Å²) < 4.78 is 28.1. The van der Waals surface area contributed by atoms with Crippen LogP contribution >= 0.6 is 11.3 Å². The molecule has 0 radical (unpaired) electrons. The Bertz CT molecular complexity index is 1190. The third kappa shape index (κ3) is 4.26. The average molecular weight is 465 g/mol. The predicted molar refractivity (Wildman–Crippen MR) is 115 cm³/mol. The highest BCUT2D eigenvalue weighted by molar-refractivity contribution is 7.93. The molecule has 1 saturated carbocycles. The van der Waals surface area contributed by atoms with E-state index in [1.54, 1.807) is 13.0 Å². The molecule has 1 fully saturated rings. The summed E-state index contributed by atoms with van der Waals surface area (Å²) in [6.07, 6.45) is 0.973. The van der Waals surface area contributed by atoms with Crippen LogP contribution in [0.1, 0.15) is 40.9 Å². The molecule has 0 spiro atoms. The minimum Gasteiger partial charge on any atom is -0.481 e. The first-order chi connectivity index (χ1) is 14.6. The third-order valence-corrected chi connectivity index (χ3v) is 8.05. The molecule has 164 valence electrons. The van der Waals surface area contributed by atoms with Gasteiger partial charge in [-0.1, -0.05) is 6.07 Å². The Morgan fingerprint density at radius 2 is 2.06 bits per heavy atom. The van der Waals surface area contributed by atoms with Crippen LogP contribution in [0.3, 0.4) is 0 Å². The van der Waals surface area contributed by atoms with Crippen molar-refractivity contribution in [3.8, 4) is 0 Å². The summed E-state index contributed by atoms with van der Waals surface area (Å²) in [4.78, 5) is 40.4. The molecule has 1 aromatic carbocycles. The van der Waals surface area contributed by atoms with Crippen LogP contribution < -0.4 is 15.4 Å². The van der Waals surface area contributed by atoms with Crippen molar-refractivity contribution in [2.45, 2.75) is 37.9 Å². The molecule has 1 aliphatic heterocycles. The molecule has 0 saturated heterocycles. The Morgan fingerprint density at radius 3 is 2.81 bits per heavy atom. The van der Waals surface area contributed by atoms with Gasteiger partial charge in [0.2, 0.25) is 10.0 Å². The molecule has 10 nitrogen and oxygen atoms in total. The van der Waals surface area contributed by atoms with Crippen LogP contribution in [0, 0.1) is 12.8 Å². The molecule has 2 amide bonds. The summed E-state index contributed by atoms with van der Waals surface area (Å²) in [6, 6.07) is 2.49. The maximum Gasteiger partial charge on any atom is 0.325 e. The highest BCUT2D eigenvalue weighted by atomic mass is 32.2. The molecule has 31 heavy (non-hydrogen) atoms. The van der Waals surface area contributed by atoms with E-state index in [1.165, 1.54) is 11.4 Å². The van der Waals surface area contributed by atoms with E-state index in [0.29, 0.717) is 30.5 Å². The molecular weight excluding hydrogens is 444 g/mol. The lowest BCUT2D eigenvalue weighted by Crippen LogP contribution is -2.31. The van der Waals surface area contributed by atoms with E-state index in [4.69, 9.17) is 5.11 Å². The van der Waals surface area contributed by atoms with Gasteiger partial charge in [-0.25, -0.2) is 18.2 Å². The van der Waals surface area contributed by atoms with Gasteiger partial charge in [0.25, 0.3) is 0 Å². The second-order valence-corrected chi connectivity index (χ2v) is 10.4. The number of thiazole rings is 1. The van der Waals surface area contributed by atoms with E-state index in [9.17, 15) is 22.8 Å². The van der Waals surface area contributed by atoms with Gasteiger partial charge >= 0.3 is 12.0 Å². The van der Waals surface area contributed by atoms with Crippen molar-refractivity contribution in [1.29, 1.82) is 0 Å². The SMILES string of the molecule is Cc1ccc(NC(=O)Nc2nc(CC(=O)O)cs2)c2c1C(=O)C1CCC(C1)S(=O)(=O)N2. The van der Waals surface area contributed by atoms with Crippen molar-refractivity contribution in [1.82, 2.24) is 4.98 Å². The van der Waals surface area contributed by atoms with Gasteiger partial charge in [0.1, 0.15) is 0 Å². The highest BCUT2D eigenvalue weighted by Gasteiger charge is 2.42. The fraction of sp³-hybridized carbons (Fsp3) is 0.368. The molecule has 1 aromatic heterocycles. The number of sulfonamides is 1. The van der Waals surface area contributed by atoms with Crippen molar-refractivity contribution < 1.29 is 27.9 Å². The van der Waals surface area contributed by atoms with Gasteiger partial charge in [-0.15, -0.1) is 11.3 Å². The number of Topliss-reactive ketones (excluding diaryl/α,β-unsaturated/α-hetero) is 1. The number of urea groups is 1. The Kier molecular flexibility index (Phi) is 5.43. The third-order valence-electron chi connectivity index (χ3n) is 5.45. The van der Waals surface area contributed by atoms with Gasteiger partial charge in [0.05, 0.1) is 28.7 Å². The zero-order chi connectivity index (χ0) is 22.3. The van der Waals surface area contributed by atoms with Crippen LogP contribution in [0.4, 0.5) is 21.3 Å². The Labute approximate surface area is 182 Å².